The molecule has 0 bridgehead atoms. The zero-order chi connectivity index (χ0) is 9.80. The van der Waals surface area contributed by atoms with Crippen molar-refractivity contribution >= 4 is 21.7 Å². The average molecular weight is 254 g/mol. The number of nitrogens with zero attached hydrogens (tertiary/aromatic N) is 2. The first-order valence-electron chi connectivity index (χ1n) is 4.10. The van der Waals surface area contributed by atoms with Gasteiger partial charge >= 0.3 is 0 Å². The summed E-state index contributed by atoms with van der Waals surface area (Å²) in [6, 6.07) is 5.60. The number of nitrogens with one attached hydrogen (secondary N) is 1. The summed E-state index contributed by atoms with van der Waals surface area (Å²) in [6.45, 7) is 0.579. The van der Waals surface area contributed by atoms with Crippen LogP contribution in [0.2, 0.25) is 0 Å². The minimum absolute atomic E-state index is 0.579. The van der Waals surface area contributed by atoms with Gasteiger partial charge in [-0.2, -0.15) is 0 Å². The van der Waals surface area contributed by atoms with E-state index >= 15 is 0 Å². The van der Waals surface area contributed by atoms with Gasteiger partial charge in [0.05, 0.1) is 17.2 Å². The maximum atomic E-state index is 4.94. The molecule has 0 aliphatic carbocycles. The normalized spacial score (nSPS) is 10.1. The Balaban J connectivity index is 2.02. The first-order valence-corrected chi connectivity index (χ1v) is 4.89. The van der Waals surface area contributed by atoms with E-state index < -0.39 is 0 Å². The van der Waals surface area contributed by atoms with Crippen molar-refractivity contribution in [1.29, 1.82) is 0 Å². The molecule has 0 saturated carbocycles. The van der Waals surface area contributed by atoms with Gasteiger partial charge in [-0.3, -0.25) is 0 Å². The van der Waals surface area contributed by atoms with E-state index in [0.29, 0.717) is 6.54 Å². The predicted molar refractivity (Wildman–Crippen MR) is 55.8 cm³/mol. The monoisotopic (exact) mass is 253 g/mol. The molecular weight excluding hydrogens is 246 g/mol. The summed E-state index contributed by atoms with van der Waals surface area (Å²) in [6.07, 6.45) is 3.35. The Bertz CT molecular complexity index is 402. The van der Waals surface area contributed by atoms with Gasteiger partial charge in [-0.15, -0.1) is 0 Å². The van der Waals surface area contributed by atoms with Crippen molar-refractivity contribution < 1.29 is 4.52 Å². The molecule has 0 saturated heterocycles. The highest BCUT2D eigenvalue weighted by Crippen LogP contribution is 2.18. The van der Waals surface area contributed by atoms with E-state index in [4.69, 9.17) is 4.52 Å². The second kappa shape index (κ2) is 4.23. The van der Waals surface area contributed by atoms with Crippen LogP contribution in [0.25, 0.3) is 0 Å². The molecule has 0 amide bonds. The third kappa shape index (κ3) is 2.11. The summed E-state index contributed by atoms with van der Waals surface area (Å²) in [5.74, 6) is 1.58. The third-order valence-electron chi connectivity index (χ3n) is 1.68. The zero-order valence-electron chi connectivity index (χ0n) is 7.27. The van der Waals surface area contributed by atoms with Crippen molar-refractivity contribution in [1.82, 2.24) is 10.1 Å². The number of anilines is 1. The largest absolute Gasteiger partial charge is 0.362 e. The molecule has 2 aromatic heterocycles. The van der Waals surface area contributed by atoms with Gasteiger partial charge in [0.2, 0.25) is 0 Å². The second-order valence-corrected chi connectivity index (χ2v) is 3.52. The molecule has 0 radical (unpaired) electrons. The summed E-state index contributed by atoms with van der Waals surface area (Å²) >= 11 is 3.39. The SMILES string of the molecule is Brc1cccnc1NCc1ccno1. The molecule has 1 N–H and O–H groups in total. The quantitative estimate of drug-likeness (QED) is 0.913. The Morgan fingerprint density at radius 2 is 2.29 bits per heavy atom. The van der Waals surface area contributed by atoms with Crippen LogP contribution in [0.3, 0.4) is 0 Å². The average Bonchev–Trinajstić information content (AvgIpc) is 2.69. The van der Waals surface area contributed by atoms with Crippen LogP contribution in [0.1, 0.15) is 5.76 Å². The molecule has 2 heterocycles. The minimum Gasteiger partial charge on any atom is -0.362 e. The Labute approximate surface area is 89.5 Å². The van der Waals surface area contributed by atoms with Crippen LogP contribution >= 0.6 is 15.9 Å². The van der Waals surface area contributed by atoms with Gasteiger partial charge in [0.1, 0.15) is 5.82 Å². The van der Waals surface area contributed by atoms with Crippen molar-refractivity contribution in [2.24, 2.45) is 0 Å². The summed E-state index contributed by atoms with van der Waals surface area (Å²) < 4.78 is 5.87. The molecule has 0 atom stereocenters. The highest BCUT2D eigenvalue weighted by atomic mass is 79.9. The van der Waals surface area contributed by atoms with E-state index in [1.807, 2.05) is 18.2 Å². The number of hydrogen-bond acceptors (Lipinski definition) is 4. The van der Waals surface area contributed by atoms with Gasteiger partial charge in [-0.05, 0) is 28.1 Å². The first kappa shape index (κ1) is 9.21. The molecule has 14 heavy (non-hydrogen) atoms. The van der Waals surface area contributed by atoms with Gasteiger partial charge < -0.3 is 9.84 Å². The second-order valence-electron chi connectivity index (χ2n) is 2.67. The highest BCUT2D eigenvalue weighted by Gasteiger charge is 2.00. The molecule has 0 unspecified atom stereocenters. The summed E-state index contributed by atoms with van der Waals surface area (Å²) in [5.41, 5.74) is 0. The van der Waals surface area contributed by atoms with Gasteiger partial charge in [0.25, 0.3) is 0 Å². The van der Waals surface area contributed by atoms with Gasteiger partial charge in [-0.1, -0.05) is 5.16 Å². The van der Waals surface area contributed by atoms with Crippen molar-refractivity contribution in [3.8, 4) is 0 Å². The molecule has 2 aromatic rings. The van der Waals surface area contributed by atoms with E-state index in [1.54, 1.807) is 12.4 Å². The highest BCUT2D eigenvalue weighted by molar-refractivity contribution is 9.10. The fraction of sp³-hybridized carbons (Fsp3) is 0.111. The van der Waals surface area contributed by atoms with Crippen LogP contribution in [0.5, 0.6) is 0 Å². The molecule has 0 aromatic carbocycles. The standard InChI is InChI=1S/C9H8BrN3O/c10-8-2-1-4-11-9(8)12-6-7-3-5-13-14-7/h1-5H,6H2,(H,11,12). The van der Waals surface area contributed by atoms with E-state index in [-0.39, 0.29) is 0 Å². The lowest BCUT2D eigenvalue weighted by atomic mass is 10.4. The van der Waals surface area contributed by atoms with Crippen molar-refractivity contribution in [2.75, 3.05) is 5.32 Å². The van der Waals surface area contributed by atoms with Crippen molar-refractivity contribution in [3.05, 3.63) is 40.8 Å². The Kier molecular flexibility index (Phi) is 2.78. The van der Waals surface area contributed by atoms with Gasteiger partial charge in [-0.25, -0.2) is 4.98 Å². The molecule has 0 aliphatic rings. The maximum Gasteiger partial charge on any atom is 0.155 e. The van der Waals surface area contributed by atoms with Crippen molar-refractivity contribution in [2.45, 2.75) is 6.54 Å². The summed E-state index contributed by atoms with van der Waals surface area (Å²) in [7, 11) is 0. The predicted octanol–water partition coefficient (Wildman–Crippen LogP) is 2.44. The Morgan fingerprint density at radius 1 is 1.36 bits per heavy atom. The van der Waals surface area contributed by atoms with E-state index in [0.717, 1.165) is 16.1 Å². The lowest BCUT2D eigenvalue weighted by Gasteiger charge is -2.03. The van der Waals surface area contributed by atoms with Gasteiger partial charge in [0, 0.05) is 12.3 Å². The summed E-state index contributed by atoms with van der Waals surface area (Å²) in [4.78, 5) is 4.16. The number of pyridine rings is 1. The molecule has 2 rings (SSSR count). The number of hydrogen-bond donors (Lipinski definition) is 1. The molecule has 72 valence electrons. The Hall–Kier alpha value is -1.36. The number of halogens is 1. The van der Waals surface area contributed by atoms with Crippen LogP contribution in [-0.4, -0.2) is 10.1 Å². The van der Waals surface area contributed by atoms with E-state index in [1.165, 1.54) is 0 Å². The first-order chi connectivity index (χ1) is 6.86. The number of rotatable bonds is 3. The fourth-order valence-electron chi connectivity index (χ4n) is 1.02. The van der Waals surface area contributed by atoms with Crippen LogP contribution in [-0.2, 0) is 6.54 Å². The molecule has 0 spiro atoms. The van der Waals surface area contributed by atoms with Crippen LogP contribution in [0, 0.1) is 0 Å². The summed E-state index contributed by atoms with van der Waals surface area (Å²) in [5, 5.41) is 6.73. The smallest absolute Gasteiger partial charge is 0.155 e. The minimum atomic E-state index is 0.579. The van der Waals surface area contributed by atoms with Crippen LogP contribution in [0.15, 0.2) is 39.6 Å². The number of aromatic nitrogens is 2. The topological polar surface area (TPSA) is 51.0 Å². The Morgan fingerprint density at radius 3 is 3.00 bits per heavy atom. The molecule has 5 heteroatoms. The molecule has 0 fully saturated rings. The van der Waals surface area contributed by atoms with Crippen molar-refractivity contribution in [3.63, 3.8) is 0 Å². The van der Waals surface area contributed by atoms with E-state index in [2.05, 4.69) is 31.4 Å². The third-order valence-corrected chi connectivity index (χ3v) is 2.32. The lowest BCUT2D eigenvalue weighted by Crippen LogP contribution is -2.00. The van der Waals surface area contributed by atoms with Crippen LogP contribution < -0.4 is 5.32 Å². The van der Waals surface area contributed by atoms with Gasteiger partial charge in [0.15, 0.2) is 5.76 Å². The molecule has 0 aliphatic heterocycles. The molecular formula is C9H8BrN3O. The maximum absolute atomic E-state index is 4.94. The fourth-order valence-corrected chi connectivity index (χ4v) is 1.42. The molecule has 4 nitrogen and oxygen atoms in total. The zero-order valence-corrected chi connectivity index (χ0v) is 8.86. The van der Waals surface area contributed by atoms with E-state index in [9.17, 15) is 0 Å². The lowest BCUT2D eigenvalue weighted by molar-refractivity contribution is 0.388. The van der Waals surface area contributed by atoms with Crippen LogP contribution in [0.4, 0.5) is 5.82 Å².